The predicted octanol–water partition coefficient (Wildman–Crippen LogP) is 5.13. The van der Waals surface area contributed by atoms with Crippen LogP contribution in [0, 0.1) is 11.7 Å². The molecule has 1 amide bonds. The monoisotopic (exact) mass is 473 g/mol. The van der Waals surface area contributed by atoms with Crippen molar-refractivity contribution in [1.82, 2.24) is 9.97 Å². The molecule has 10 heteroatoms. The first kappa shape index (κ1) is 23.3. The van der Waals surface area contributed by atoms with E-state index in [2.05, 4.69) is 15.3 Å². The Balaban J connectivity index is 1.38. The zero-order valence-corrected chi connectivity index (χ0v) is 17.7. The van der Waals surface area contributed by atoms with Gasteiger partial charge in [0.15, 0.2) is 11.6 Å². The SMILES string of the molecule is O=C(Cc1cncc(C(F)(F)F)c1)Cc1ccc(Oc2ccnc(NC(=O)C3CC3)c2)c(F)c1. The summed E-state index contributed by atoms with van der Waals surface area (Å²) >= 11 is 0. The molecule has 0 unspecified atom stereocenters. The Bertz CT molecular complexity index is 1230. The van der Waals surface area contributed by atoms with Gasteiger partial charge in [0.2, 0.25) is 5.91 Å². The summed E-state index contributed by atoms with van der Waals surface area (Å²) in [6, 6.07) is 7.84. The van der Waals surface area contributed by atoms with Crippen LogP contribution in [-0.4, -0.2) is 21.7 Å². The molecule has 0 bridgehead atoms. The van der Waals surface area contributed by atoms with E-state index in [1.54, 1.807) is 0 Å². The molecule has 1 fully saturated rings. The van der Waals surface area contributed by atoms with Crippen molar-refractivity contribution in [3.63, 3.8) is 0 Å². The molecule has 0 saturated heterocycles. The standard InChI is InChI=1S/C24H19F4N3O3/c25-20-10-14(8-18(32)9-15-7-17(13-29-12-15)24(26,27)28)1-4-21(20)34-19-5-6-30-22(11-19)31-23(33)16-2-3-16/h1,4-7,10-13,16H,2-3,8-9H2,(H,30,31,33). The smallest absolute Gasteiger partial charge is 0.417 e. The highest BCUT2D eigenvalue weighted by Crippen LogP contribution is 2.31. The number of alkyl halides is 3. The first-order valence-corrected chi connectivity index (χ1v) is 10.4. The van der Waals surface area contributed by atoms with Gasteiger partial charge >= 0.3 is 6.18 Å². The third-order valence-electron chi connectivity index (χ3n) is 5.08. The summed E-state index contributed by atoms with van der Waals surface area (Å²) in [5.74, 6) is -0.758. The van der Waals surface area contributed by atoms with Crippen molar-refractivity contribution in [2.45, 2.75) is 31.9 Å². The summed E-state index contributed by atoms with van der Waals surface area (Å²) in [5, 5.41) is 2.68. The Hall–Kier alpha value is -3.82. The molecule has 6 nitrogen and oxygen atoms in total. The number of anilines is 1. The van der Waals surface area contributed by atoms with Gasteiger partial charge in [-0.05, 0) is 48.2 Å². The van der Waals surface area contributed by atoms with Crippen LogP contribution < -0.4 is 10.1 Å². The van der Waals surface area contributed by atoms with Crippen LogP contribution in [0.4, 0.5) is 23.4 Å². The average Bonchev–Trinajstić information content (AvgIpc) is 3.61. The van der Waals surface area contributed by atoms with Gasteiger partial charge in [-0.1, -0.05) is 6.07 Å². The number of ketones is 1. The van der Waals surface area contributed by atoms with Gasteiger partial charge in [-0.2, -0.15) is 13.2 Å². The van der Waals surface area contributed by atoms with Crippen LogP contribution >= 0.6 is 0 Å². The van der Waals surface area contributed by atoms with Crippen molar-refractivity contribution in [2.24, 2.45) is 5.92 Å². The number of aromatic nitrogens is 2. The molecule has 0 aliphatic heterocycles. The zero-order chi connectivity index (χ0) is 24.3. The number of amides is 1. The van der Waals surface area contributed by atoms with Crippen LogP contribution in [0.3, 0.4) is 0 Å². The van der Waals surface area contributed by atoms with Crippen molar-refractivity contribution >= 4 is 17.5 Å². The molecule has 1 aliphatic rings. The largest absolute Gasteiger partial charge is 0.454 e. The van der Waals surface area contributed by atoms with Crippen LogP contribution in [0.1, 0.15) is 29.5 Å². The molecule has 0 atom stereocenters. The van der Waals surface area contributed by atoms with Crippen LogP contribution in [0.2, 0.25) is 0 Å². The molecule has 0 spiro atoms. The molecule has 176 valence electrons. The molecule has 0 radical (unpaired) electrons. The molecular formula is C24H19F4N3O3. The van der Waals surface area contributed by atoms with E-state index >= 15 is 0 Å². The number of halogens is 4. The van der Waals surface area contributed by atoms with Crippen molar-refractivity contribution in [1.29, 1.82) is 0 Å². The van der Waals surface area contributed by atoms with Gasteiger partial charge in [-0.25, -0.2) is 9.37 Å². The number of benzene rings is 1. The van der Waals surface area contributed by atoms with Crippen molar-refractivity contribution in [3.05, 3.63) is 77.5 Å². The van der Waals surface area contributed by atoms with Gasteiger partial charge in [0.05, 0.1) is 5.56 Å². The number of Topliss-reactive ketones (excluding diaryl/α,β-unsaturated/α-hetero) is 1. The van der Waals surface area contributed by atoms with Crippen LogP contribution in [-0.2, 0) is 28.6 Å². The minimum Gasteiger partial charge on any atom is -0.454 e. The minimum absolute atomic E-state index is 0.00363. The quantitative estimate of drug-likeness (QED) is 0.459. The first-order chi connectivity index (χ1) is 16.2. The van der Waals surface area contributed by atoms with Gasteiger partial charge in [0.25, 0.3) is 0 Å². The Morgan fingerprint density at radius 3 is 2.50 bits per heavy atom. The highest BCUT2D eigenvalue weighted by molar-refractivity contribution is 5.93. The third kappa shape index (κ3) is 6.15. The molecule has 1 saturated carbocycles. The molecule has 1 N–H and O–H groups in total. The summed E-state index contributed by atoms with van der Waals surface area (Å²) in [7, 11) is 0. The van der Waals surface area contributed by atoms with E-state index in [0.717, 1.165) is 25.0 Å². The van der Waals surface area contributed by atoms with E-state index in [1.807, 2.05) is 0 Å². The topological polar surface area (TPSA) is 81.2 Å². The number of hydrogen-bond acceptors (Lipinski definition) is 5. The van der Waals surface area contributed by atoms with Gasteiger partial charge in [0.1, 0.15) is 17.4 Å². The normalized spacial score (nSPS) is 13.4. The molecule has 2 heterocycles. The summed E-state index contributed by atoms with van der Waals surface area (Å²) < 4.78 is 58.5. The van der Waals surface area contributed by atoms with E-state index in [4.69, 9.17) is 4.74 Å². The van der Waals surface area contributed by atoms with Crippen LogP contribution in [0.5, 0.6) is 11.5 Å². The fourth-order valence-electron chi connectivity index (χ4n) is 3.24. The van der Waals surface area contributed by atoms with Crippen LogP contribution in [0.15, 0.2) is 55.0 Å². The first-order valence-electron chi connectivity index (χ1n) is 10.4. The Morgan fingerprint density at radius 1 is 1.03 bits per heavy atom. The summed E-state index contributed by atoms with van der Waals surface area (Å²) in [4.78, 5) is 31.7. The number of carbonyl (C=O) groups is 2. The maximum Gasteiger partial charge on any atom is 0.417 e. The third-order valence-corrected chi connectivity index (χ3v) is 5.08. The maximum absolute atomic E-state index is 14.6. The maximum atomic E-state index is 14.6. The molecule has 4 rings (SSSR count). The fourth-order valence-corrected chi connectivity index (χ4v) is 3.24. The Kier molecular flexibility index (Phi) is 6.58. The molecule has 1 aliphatic carbocycles. The Morgan fingerprint density at radius 2 is 1.79 bits per heavy atom. The molecule has 34 heavy (non-hydrogen) atoms. The summed E-state index contributed by atoms with van der Waals surface area (Å²) in [6.45, 7) is 0. The van der Waals surface area contributed by atoms with Gasteiger partial charge in [-0.3, -0.25) is 14.6 Å². The second-order valence-corrected chi connectivity index (χ2v) is 7.98. The second kappa shape index (κ2) is 9.58. The van der Waals surface area contributed by atoms with E-state index in [-0.39, 0.29) is 47.5 Å². The van der Waals surface area contributed by atoms with E-state index < -0.39 is 17.6 Å². The van der Waals surface area contributed by atoms with Crippen LogP contribution in [0.25, 0.3) is 0 Å². The van der Waals surface area contributed by atoms with Crippen molar-refractivity contribution < 1.29 is 31.9 Å². The highest BCUT2D eigenvalue weighted by atomic mass is 19.4. The van der Waals surface area contributed by atoms with E-state index in [0.29, 0.717) is 17.6 Å². The van der Waals surface area contributed by atoms with Gasteiger partial charge < -0.3 is 10.1 Å². The number of nitrogens with zero attached hydrogens (tertiary/aromatic N) is 2. The summed E-state index contributed by atoms with van der Waals surface area (Å²) in [5.41, 5.74) is -0.457. The predicted molar refractivity (Wildman–Crippen MR) is 114 cm³/mol. The Labute approximate surface area is 192 Å². The highest BCUT2D eigenvalue weighted by Gasteiger charge is 2.31. The summed E-state index contributed by atoms with van der Waals surface area (Å²) in [6.07, 6.45) is 0.0193. The number of ether oxygens (including phenoxy) is 1. The molecule has 1 aromatic carbocycles. The van der Waals surface area contributed by atoms with Gasteiger partial charge in [0, 0.05) is 43.4 Å². The van der Waals surface area contributed by atoms with Gasteiger partial charge in [-0.15, -0.1) is 0 Å². The average molecular weight is 473 g/mol. The second-order valence-electron chi connectivity index (χ2n) is 7.98. The molecule has 2 aromatic heterocycles. The number of rotatable bonds is 8. The lowest BCUT2D eigenvalue weighted by molar-refractivity contribution is -0.138. The lowest BCUT2D eigenvalue weighted by Gasteiger charge is -2.10. The number of nitrogens with one attached hydrogen (secondary N) is 1. The lowest BCUT2D eigenvalue weighted by Crippen LogP contribution is -2.14. The fraction of sp³-hybridized carbons (Fsp3) is 0.250. The lowest BCUT2D eigenvalue weighted by atomic mass is 10.0. The van der Waals surface area contributed by atoms with E-state index in [1.165, 1.54) is 36.7 Å². The van der Waals surface area contributed by atoms with Crippen molar-refractivity contribution in [2.75, 3.05) is 5.32 Å². The number of carbonyl (C=O) groups excluding carboxylic acids is 2. The number of hydrogen-bond donors (Lipinski definition) is 1. The minimum atomic E-state index is -4.55. The van der Waals surface area contributed by atoms with Crippen molar-refractivity contribution in [3.8, 4) is 11.5 Å². The number of pyridine rings is 2. The zero-order valence-electron chi connectivity index (χ0n) is 17.7. The molecular weight excluding hydrogens is 454 g/mol. The molecule has 3 aromatic rings. The van der Waals surface area contributed by atoms with E-state index in [9.17, 15) is 27.2 Å².